The SMILES string of the molecule is Cc1cc(/C=C2/C(=N)N3N=C(N4CCCC4)SC3=NC2=O)c(C)n1-c1ccc(F)cc1. The summed E-state index contributed by atoms with van der Waals surface area (Å²) in [4.78, 5) is 19.1. The Morgan fingerprint density at radius 2 is 1.84 bits per heavy atom. The summed E-state index contributed by atoms with van der Waals surface area (Å²) < 4.78 is 15.3. The number of nitrogens with zero attached hydrogens (tertiary/aromatic N) is 5. The molecule has 4 heterocycles. The van der Waals surface area contributed by atoms with Gasteiger partial charge in [-0.25, -0.2) is 4.39 Å². The van der Waals surface area contributed by atoms with Crippen LogP contribution in [0, 0.1) is 25.1 Å². The van der Waals surface area contributed by atoms with Crippen LogP contribution in [0.4, 0.5) is 4.39 Å². The number of hydrogen-bond acceptors (Lipinski definition) is 5. The maximum absolute atomic E-state index is 13.3. The number of likely N-dealkylation sites (tertiary alicyclic amines) is 1. The summed E-state index contributed by atoms with van der Waals surface area (Å²) in [6.45, 7) is 5.76. The third-order valence-corrected chi connectivity index (χ3v) is 6.64. The van der Waals surface area contributed by atoms with Crippen molar-refractivity contribution in [2.24, 2.45) is 10.1 Å². The Morgan fingerprint density at radius 3 is 2.55 bits per heavy atom. The molecule has 0 bridgehead atoms. The van der Waals surface area contributed by atoms with Crippen molar-refractivity contribution < 1.29 is 9.18 Å². The highest BCUT2D eigenvalue weighted by atomic mass is 32.2. The van der Waals surface area contributed by atoms with Gasteiger partial charge in [0.05, 0.1) is 5.57 Å². The van der Waals surface area contributed by atoms with E-state index in [1.165, 1.54) is 28.9 Å². The topological polar surface area (TPSA) is 77.1 Å². The van der Waals surface area contributed by atoms with Gasteiger partial charge in [0.25, 0.3) is 5.91 Å². The fourth-order valence-electron chi connectivity index (χ4n) is 4.09. The minimum absolute atomic E-state index is 0.0308. The number of hydrazone groups is 1. The molecule has 1 amide bonds. The van der Waals surface area contributed by atoms with Gasteiger partial charge in [-0.15, -0.1) is 5.10 Å². The molecule has 2 aromatic rings. The Balaban J connectivity index is 1.49. The van der Waals surface area contributed by atoms with Gasteiger partial charge in [-0.05, 0) is 80.4 Å². The molecule has 3 aliphatic heterocycles. The molecule has 5 rings (SSSR count). The summed E-state index contributed by atoms with van der Waals surface area (Å²) in [7, 11) is 0. The molecule has 1 N–H and O–H groups in total. The fourth-order valence-corrected chi connectivity index (χ4v) is 5.04. The number of thioether (sulfide) groups is 1. The van der Waals surface area contributed by atoms with Crippen LogP contribution in [0.5, 0.6) is 0 Å². The Labute approximate surface area is 183 Å². The first-order valence-electron chi connectivity index (χ1n) is 10.1. The third kappa shape index (κ3) is 3.38. The molecule has 1 aromatic carbocycles. The lowest BCUT2D eigenvalue weighted by molar-refractivity contribution is -0.114. The van der Waals surface area contributed by atoms with Crippen LogP contribution >= 0.6 is 11.8 Å². The number of aliphatic imine (C=N–C) groups is 1. The monoisotopic (exact) mass is 436 g/mol. The van der Waals surface area contributed by atoms with E-state index in [4.69, 9.17) is 5.41 Å². The van der Waals surface area contributed by atoms with Crippen LogP contribution in [0.3, 0.4) is 0 Å². The first-order valence-corrected chi connectivity index (χ1v) is 10.9. The molecule has 0 aliphatic carbocycles. The van der Waals surface area contributed by atoms with Gasteiger partial charge in [-0.2, -0.15) is 10.0 Å². The summed E-state index contributed by atoms with van der Waals surface area (Å²) in [5.41, 5.74) is 3.69. The Bertz CT molecular complexity index is 1190. The van der Waals surface area contributed by atoms with Gasteiger partial charge in [-0.1, -0.05) is 0 Å². The van der Waals surface area contributed by atoms with Crippen LogP contribution in [0.2, 0.25) is 0 Å². The predicted molar refractivity (Wildman–Crippen MR) is 121 cm³/mol. The van der Waals surface area contributed by atoms with E-state index in [1.54, 1.807) is 18.2 Å². The molecule has 1 fully saturated rings. The maximum Gasteiger partial charge on any atom is 0.283 e. The molecule has 0 radical (unpaired) electrons. The van der Waals surface area contributed by atoms with Crippen molar-refractivity contribution >= 4 is 39.9 Å². The fraction of sp³-hybridized carbons (Fsp3) is 0.273. The first kappa shape index (κ1) is 19.7. The molecule has 7 nitrogen and oxygen atoms in total. The van der Waals surface area contributed by atoms with Crippen LogP contribution < -0.4 is 0 Å². The van der Waals surface area contributed by atoms with E-state index in [-0.39, 0.29) is 17.2 Å². The van der Waals surface area contributed by atoms with Crippen LogP contribution in [0.25, 0.3) is 11.8 Å². The summed E-state index contributed by atoms with van der Waals surface area (Å²) >= 11 is 1.34. The zero-order valence-electron chi connectivity index (χ0n) is 17.2. The highest BCUT2D eigenvalue weighted by Gasteiger charge is 2.37. The van der Waals surface area contributed by atoms with Gasteiger partial charge in [0.1, 0.15) is 5.82 Å². The number of carbonyl (C=O) groups excluding carboxylic acids is 1. The first-order chi connectivity index (χ1) is 14.9. The standard InChI is InChI=1S/C22H21FN6OS/c1-13-11-15(14(2)28(13)17-7-5-16(23)6-8-17)12-18-19(24)29-21(25-20(18)30)31-22(26-29)27-9-3-4-10-27/h5-8,11-12,24H,3-4,9-10H2,1-2H3/b18-12-,24-19?. The number of carbonyl (C=O) groups is 1. The number of fused-ring (bicyclic) bond motifs is 1. The lowest BCUT2D eigenvalue weighted by Gasteiger charge is -2.20. The number of halogens is 1. The van der Waals surface area contributed by atoms with Gasteiger partial charge in [0.15, 0.2) is 11.0 Å². The third-order valence-electron chi connectivity index (χ3n) is 5.68. The quantitative estimate of drug-likeness (QED) is 0.725. The van der Waals surface area contributed by atoms with E-state index in [2.05, 4.69) is 15.0 Å². The van der Waals surface area contributed by atoms with Crippen molar-refractivity contribution in [3.8, 4) is 5.69 Å². The van der Waals surface area contributed by atoms with Crippen molar-refractivity contribution in [2.75, 3.05) is 13.1 Å². The molecule has 1 saturated heterocycles. The van der Waals surface area contributed by atoms with Gasteiger partial charge >= 0.3 is 0 Å². The molecule has 0 unspecified atom stereocenters. The molecule has 3 aliphatic rings. The molecule has 1 aromatic heterocycles. The van der Waals surface area contributed by atoms with E-state index >= 15 is 0 Å². The number of aromatic nitrogens is 1. The van der Waals surface area contributed by atoms with E-state index in [0.29, 0.717) is 5.17 Å². The minimum atomic E-state index is -0.437. The van der Waals surface area contributed by atoms with Crippen molar-refractivity contribution in [3.63, 3.8) is 0 Å². The second kappa shape index (κ2) is 7.49. The minimum Gasteiger partial charge on any atom is -0.349 e. The van der Waals surface area contributed by atoms with Crippen molar-refractivity contribution in [1.29, 1.82) is 5.41 Å². The van der Waals surface area contributed by atoms with Crippen molar-refractivity contribution in [2.45, 2.75) is 26.7 Å². The zero-order valence-corrected chi connectivity index (χ0v) is 18.0. The maximum atomic E-state index is 13.3. The lowest BCUT2D eigenvalue weighted by Crippen LogP contribution is -2.35. The molecular formula is C22H21FN6OS. The highest BCUT2D eigenvalue weighted by molar-refractivity contribution is 8.26. The average Bonchev–Trinajstić information content (AvgIpc) is 3.46. The summed E-state index contributed by atoms with van der Waals surface area (Å²) in [6.07, 6.45) is 3.94. The lowest BCUT2D eigenvalue weighted by atomic mass is 10.1. The molecular weight excluding hydrogens is 415 g/mol. The molecule has 9 heteroatoms. The van der Waals surface area contributed by atoms with Crippen molar-refractivity contribution in [3.05, 3.63) is 58.7 Å². The molecule has 0 atom stereocenters. The number of hydrogen-bond donors (Lipinski definition) is 1. The molecule has 0 saturated carbocycles. The van der Waals surface area contributed by atoms with Crippen LogP contribution in [0.15, 0.2) is 46.0 Å². The van der Waals surface area contributed by atoms with Crippen LogP contribution in [0.1, 0.15) is 29.8 Å². The van der Waals surface area contributed by atoms with E-state index in [0.717, 1.165) is 53.7 Å². The number of aryl methyl sites for hydroxylation is 1. The van der Waals surface area contributed by atoms with E-state index in [1.807, 2.05) is 24.5 Å². The van der Waals surface area contributed by atoms with E-state index in [9.17, 15) is 9.18 Å². The number of amides is 1. The summed E-state index contributed by atoms with van der Waals surface area (Å²) in [6, 6.07) is 8.22. The summed E-state index contributed by atoms with van der Waals surface area (Å²) in [5.74, 6) is -0.697. The zero-order chi connectivity index (χ0) is 21.7. The number of rotatable bonds is 2. The van der Waals surface area contributed by atoms with Gasteiger partial charge < -0.3 is 9.47 Å². The van der Waals surface area contributed by atoms with E-state index < -0.39 is 5.91 Å². The number of amidine groups is 3. The van der Waals surface area contributed by atoms with Gasteiger partial charge in [0.2, 0.25) is 5.17 Å². The smallest absolute Gasteiger partial charge is 0.283 e. The van der Waals surface area contributed by atoms with Crippen molar-refractivity contribution in [1.82, 2.24) is 14.5 Å². The predicted octanol–water partition coefficient (Wildman–Crippen LogP) is 3.91. The number of benzene rings is 1. The molecule has 158 valence electrons. The normalized spacial score (nSPS) is 19.9. The van der Waals surface area contributed by atoms with Crippen LogP contribution in [-0.2, 0) is 4.79 Å². The second-order valence-corrected chi connectivity index (χ2v) is 8.67. The number of nitrogens with one attached hydrogen (secondary N) is 1. The average molecular weight is 437 g/mol. The largest absolute Gasteiger partial charge is 0.349 e. The highest BCUT2D eigenvalue weighted by Crippen LogP contribution is 2.31. The van der Waals surface area contributed by atoms with Gasteiger partial charge in [-0.3, -0.25) is 10.2 Å². The van der Waals surface area contributed by atoms with Gasteiger partial charge in [0, 0.05) is 30.2 Å². The second-order valence-electron chi connectivity index (χ2n) is 7.74. The van der Waals surface area contributed by atoms with Crippen LogP contribution in [-0.4, -0.2) is 49.6 Å². The molecule has 0 spiro atoms. The Hall–Kier alpha value is -3.20. The molecule has 31 heavy (non-hydrogen) atoms. The summed E-state index contributed by atoms with van der Waals surface area (Å²) in [5, 5.41) is 15.8. The Kier molecular flexibility index (Phi) is 4.77. The Morgan fingerprint density at radius 1 is 1.13 bits per heavy atom.